The van der Waals surface area contributed by atoms with Gasteiger partial charge in [-0.15, -0.1) is 11.3 Å². The molecule has 6 nitrogen and oxygen atoms in total. The van der Waals surface area contributed by atoms with Gasteiger partial charge in [-0.1, -0.05) is 23.7 Å². The molecule has 0 radical (unpaired) electrons. The molecule has 3 rings (SSSR count). The van der Waals surface area contributed by atoms with Crippen molar-refractivity contribution in [2.24, 2.45) is 0 Å². The molecule has 0 amide bonds. The van der Waals surface area contributed by atoms with Crippen LogP contribution in [0.3, 0.4) is 0 Å². The van der Waals surface area contributed by atoms with Gasteiger partial charge < -0.3 is 10.5 Å². The van der Waals surface area contributed by atoms with Gasteiger partial charge in [-0.3, -0.25) is 9.80 Å². The summed E-state index contributed by atoms with van der Waals surface area (Å²) in [5.74, 6) is -0.244. The molecule has 2 N–H and O–H groups in total. The maximum Gasteiger partial charge on any atom is 0.327 e. The molecule has 1 saturated heterocycles. The lowest BCUT2D eigenvalue weighted by atomic mass is 10.0. The van der Waals surface area contributed by atoms with Gasteiger partial charge in [0, 0.05) is 48.8 Å². The molecule has 25 heavy (non-hydrogen) atoms. The number of aromatic nitrogens is 1. The molecule has 1 aromatic carbocycles. The van der Waals surface area contributed by atoms with Crippen molar-refractivity contribution in [3.05, 3.63) is 45.9 Å². The average Bonchev–Trinajstić information content (AvgIpc) is 3.03. The van der Waals surface area contributed by atoms with Gasteiger partial charge in [0.1, 0.15) is 6.04 Å². The first-order valence-corrected chi connectivity index (χ1v) is 9.26. The summed E-state index contributed by atoms with van der Waals surface area (Å²) in [6.45, 7) is 4.16. The first-order chi connectivity index (χ1) is 12.1. The Balaban J connectivity index is 1.65. The van der Waals surface area contributed by atoms with Gasteiger partial charge >= 0.3 is 5.97 Å². The monoisotopic (exact) mass is 380 g/mol. The van der Waals surface area contributed by atoms with Crippen LogP contribution in [-0.4, -0.2) is 54.0 Å². The number of nitrogens with zero attached hydrogens (tertiary/aromatic N) is 3. The van der Waals surface area contributed by atoms with Crippen molar-refractivity contribution >= 4 is 34.0 Å². The normalized spacial score (nSPS) is 17.4. The lowest BCUT2D eigenvalue weighted by Crippen LogP contribution is -2.49. The van der Waals surface area contributed by atoms with E-state index in [1.165, 1.54) is 18.4 Å². The van der Waals surface area contributed by atoms with E-state index in [0.29, 0.717) is 10.2 Å². The first-order valence-electron chi connectivity index (χ1n) is 8.06. The summed E-state index contributed by atoms with van der Waals surface area (Å²) < 4.78 is 5.03. The Morgan fingerprint density at radius 1 is 1.32 bits per heavy atom. The van der Waals surface area contributed by atoms with Crippen molar-refractivity contribution in [2.75, 3.05) is 39.0 Å². The number of rotatable bonds is 5. The average molecular weight is 381 g/mol. The number of carbonyl (C=O) groups is 1. The number of methoxy groups -OCH3 is 1. The molecule has 8 heteroatoms. The van der Waals surface area contributed by atoms with E-state index in [0.717, 1.165) is 43.2 Å². The lowest BCUT2D eigenvalue weighted by molar-refractivity contribution is -0.148. The Labute approximate surface area is 156 Å². The van der Waals surface area contributed by atoms with Crippen LogP contribution in [0.2, 0.25) is 5.02 Å². The summed E-state index contributed by atoms with van der Waals surface area (Å²) in [6.07, 6.45) is 1.83. The molecule has 2 aromatic rings. The molecule has 1 atom stereocenters. The summed E-state index contributed by atoms with van der Waals surface area (Å²) in [4.78, 5) is 22.1. The van der Waals surface area contributed by atoms with Crippen LogP contribution in [0, 0.1) is 0 Å². The number of esters is 1. The smallest absolute Gasteiger partial charge is 0.327 e. The van der Waals surface area contributed by atoms with Crippen LogP contribution in [0.5, 0.6) is 0 Å². The van der Waals surface area contributed by atoms with E-state index in [4.69, 9.17) is 22.1 Å². The quantitative estimate of drug-likeness (QED) is 0.803. The number of carbonyl (C=O) groups excluding carboxylic acids is 1. The third-order valence-electron chi connectivity index (χ3n) is 4.33. The molecule has 1 fully saturated rings. The standard InChI is InChI=1S/C17H21ClN4O2S/c1-24-16(23)15(12-2-4-13(18)5-3-12)22-8-6-21(7-9-22)11-14-10-20-17(19)25-14/h2-5,10,15H,6-9,11H2,1H3,(H2,19,20). The highest BCUT2D eigenvalue weighted by Gasteiger charge is 2.31. The topological polar surface area (TPSA) is 71.7 Å². The summed E-state index contributed by atoms with van der Waals surface area (Å²) >= 11 is 7.48. The van der Waals surface area contributed by atoms with Gasteiger partial charge in [0.15, 0.2) is 5.13 Å². The highest BCUT2D eigenvalue weighted by Crippen LogP contribution is 2.26. The second kappa shape index (κ2) is 8.14. The number of thiazole rings is 1. The second-order valence-electron chi connectivity index (χ2n) is 5.95. The van der Waals surface area contributed by atoms with E-state index >= 15 is 0 Å². The predicted molar refractivity (Wildman–Crippen MR) is 99.6 cm³/mol. The van der Waals surface area contributed by atoms with Crippen LogP contribution in [0.25, 0.3) is 0 Å². The van der Waals surface area contributed by atoms with Crippen molar-refractivity contribution in [1.29, 1.82) is 0 Å². The Kier molecular flexibility index (Phi) is 5.90. The Hall–Kier alpha value is -1.67. The molecule has 1 aliphatic heterocycles. The number of anilines is 1. The first kappa shape index (κ1) is 18.1. The molecule has 0 bridgehead atoms. The van der Waals surface area contributed by atoms with Crippen molar-refractivity contribution in [1.82, 2.24) is 14.8 Å². The third-order valence-corrected chi connectivity index (χ3v) is 5.40. The van der Waals surface area contributed by atoms with Crippen molar-refractivity contribution < 1.29 is 9.53 Å². The molecule has 0 spiro atoms. The van der Waals surface area contributed by atoms with Gasteiger partial charge in [0.2, 0.25) is 0 Å². The summed E-state index contributed by atoms with van der Waals surface area (Å²) in [5, 5.41) is 1.25. The lowest BCUT2D eigenvalue weighted by Gasteiger charge is -2.38. The number of hydrogen-bond acceptors (Lipinski definition) is 7. The fraction of sp³-hybridized carbons (Fsp3) is 0.412. The second-order valence-corrected chi connectivity index (χ2v) is 7.54. The van der Waals surface area contributed by atoms with Crippen LogP contribution in [-0.2, 0) is 16.1 Å². The molecule has 1 aliphatic rings. The van der Waals surface area contributed by atoms with Crippen LogP contribution in [0.1, 0.15) is 16.5 Å². The molecule has 1 aromatic heterocycles. The van der Waals surface area contributed by atoms with Crippen molar-refractivity contribution in [3.8, 4) is 0 Å². The fourth-order valence-corrected chi connectivity index (χ4v) is 3.90. The van der Waals surface area contributed by atoms with Crippen molar-refractivity contribution in [2.45, 2.75) is 12.6 Å². The zero-order valence-corrected chi connectivity index (χ0v) is 15.6. The number of ether oxygens (including phenoxy) is 1. The van der Waals surface area contributed by atoms with Crippen LogP contribution in [0.15, 0.2) is 30.5 Å². The predicted octanol–water partition coefficient (Wildman–Crippen LogP) is 2.41. The molecule has 0 saturated carbocycles. The highest BCUT2D eigenvalue weighted by molar-refractivity contribution is 7.15. The largest absolute Gasteiger partial charge is 0.468 e. The Bertz CT molecular complexity index is 714. The van der Waals surface area contributed by atoms with E-state index in [2.05, 4.69) is 14.8 Å². The van der Waals surface area contributed by atoms with Gasteiger partial charge in [-0.25, -0.2) is 9.78 Å². The van der Waals surface area contributed by atoms with E-state index in [1.54, 1.807) is 12.1 Å². The highest BCUT2D eigenvalue weighted by atomic mass is 35.5. The maximum atomic E-state index is 12.3. The van der Waals surface area contributed by atoms with Crippen LogP contribution < -0.4 is 5.73 Å². The number of piperazine rings is 1. The molecule has 1 unspecified atom stereocenters. The van der Waals surface area contributed by atoms with E-state index in [1.807, 2.05) is 18.3 Å². The minimum absolute atomic E-state index is 0.244. The van der Waals surface area contributed by atoms with Crippen LogP contribution >= 0.6 is 22.9 Å². The fourth-order valence-electron chi connectivity index (χ4n) is 3.05. The Morgan fingerprint density at radius 2 is 2.00 bits per heavy atom. The molecular formula is C17H21ClN4O2S. The van der Waals surface area contributed by atoms with E-state index < -0.39 is 6.04 Å². The van der Waals surface area contributed by atoms with Crippen molar-refractivity contribution in [3.63, 3.8) is 0 Å². The van der Waals surface area contributed by atoms with Gasteiger partial charge in [0.05, 0.1) is 7.11 Å². The molecule has 2 heterocycles. The summed E-state index contributed by atoms with van der Waals surface area (Å²) in [5.41, 5.74) is 6.59. The maximum absolute atomic E-state index is 12.3. The zero-order valence-electron chi connectivity index (χ0n) is 14.0. The summed E-state index contributed by atoms with van der Waals surface area (Å²) in [7, 11) is 1.43. The van der Waals surface area contributed by atoms with Gasteiger partial charge in [0.25, 0.3) is 0 Å². The van der Waals surface area contributed by atoms with Gasteiger partial charge in [-0.2, -0.15) is 0 Å². The minimum Gasteiger partial charge on any atom is -0.468 e. The number of halogens is 1. The SMILES string of the molecule is COC(=O)C(c1ccc(Cl)cc1)N1CCN(Cc2cnc(N)s2)CC1. The number of hydrogen-bond donors (Lipinski definition) is 1. The molecule has 134 valence electrons. The Morgan fingerprint density at radius 3 is 2.56 bits per heavy atom. The van der Waals surface area contributed by atoms with E-state index in [9.17, 15) is 4.79 Å². The zero-order chi connectivity index (χ0) is 17.8. The number of benzene rings is 1. The molecular weight excluding hydrogens is 360 g/mol. The number of nitrogen functional groups attached to an aromatic ring is 1. The minimum atomic E-state index is -0.400. The van der Waals surface area contributed by atoms with E-state index in [-0.39, 0.29) is 5.97 Å². The van der Waals surface area contributed by atoms with Gasteiger partial charge in [-0.05, 0) is 17.7 Å². The third kappa shape index (κ3) is 4.49. The summed E-state index contributed by atoms with van der Waals surface area (Å²) in [6, 6.07) is 6.98. The molecule has 0 aliphatic carbocycles. The number of nitrogens with two attached hydrogens (primary N) is 1. The van der Waals surface area contributed by atoms with Crippen LogP contribution in [0.4, 0.5) is 5.13 Å².